The SMILES string of the molecule is Cc1ccc(CNC(=O)c2nnc(CN3CCN(C(=O)c4ccc(C)o4)CC3)s2)cc1. The molecule has 1 saturated heterocycles. The van der Waals surface area contributed by atoms with Crippen molar-refractivity contribution < 1.29 is 14.0 Å². The number of hydrogen-bond acceptors (Lipinski definition) is 7. The highest BCUT2D eigenvalue weighted by Gasteiger charge is 2.25. The lowest BCUT2D eigenvalue weighted by molar-refractivity contribution is 0.0596. The summed E-state index contributed by atoms with van der Waals surface area (Å²) in [5.41, 5.74) is 2.23. The number of carbonyl (C=O) groups is 2. The summed E-state index contributed by atoms with van der Waals surface area (Å²) < 4.78 is 5.44. The van der Waals surface area contributed by atoms with E-state index < -0.39 is 0 Å². The Morgan fingerprint density at radius 2 is 1.77 bits per heavy atom. The van der Waals surface area contributed by atoms with Gasteiger partial charge in [0.2, 0.25) is 5.01 Å². The molecule has 1 aromatic carbocycles. The summed E-state index contributed by atoms with van der Waals surface area (Å²) in [4.78, 5) is 28.9. The third kappa shape index (κ3) is 5.36. The minimum atomic E-state index is -0.214. The van der Waals surface area contributed by atoms with E-state index in [1.165, 1.54) is 16.9 Å². The lowest BCUT2D eigenvalue weighted by Crippen LogP contribution is -2.48. The normalized spacial score (nSPS) is 14.6. The fraction of sp³-hybridized carbons (Fsp3) is 0.364. The fourth-order valence-electron chi connectivity index (χ4n) is 3.38. The number of nitrogens with one attached hydrogen (secondary N) is 1. The molecule has 1 N–H and O–H groups in total. The van der Waals surface area contributed by atoms with E-state index in [0.29, 0.717) is 36.9 Å². The summed E-state index contributed by atoms with van der Waals surface area (Å²) in [6.45, 7) is 7.66. The van der Waals surface area contributed by atoms with Crippen LogP contribution < -0.4 is 5.32 Å². The van der Waals surface area contributed by atoms with Gasteiger partial charge in [-0.2, -0.15) is 0 Å². The summed E-state index contributed by atoms with van der Waals surface area (Å²) in [6.07, 6.45) is 0. The molecule has 0 spiro atoms. The maximum atomic E-state index is 12.5. The molecule has 0 radical (unpaired) electrons. The Morgan fingerprint density at radius 1 is 1.03 bits per heavy atom. The Morgan fingerprint density at radius 3 is 2.45 bits per heavy atom. The van der Waals surface area contributed by atoms with Gasteiger partial charge in [-0.15, -0.1) is 10.2 Å². The molecular weight excluding hydrogens is 414 g/mol. The third-order valence-corrected chi connectivity index (χ3v) is 6.11. The number of aromatic nitrogens is 2. The van der Waals surface area contributed by atoms with E-state index in [1.54, 1.807) is 17.0 Å². The molecule has 4 rings (SSSR count). The van der Waals surface area contributed by atoms with Crippen LogP contribution in [0.5, 0.6) is 0 Å². The quantitative estimate of drug-likeness (QED) is 0.635. The minimum absolute atomic E-state index is 0.0730. The molecule has 0 bridgehead atoms. The van der Waals surface area contributed by atoms with Crippen molar-refractivity contribution >= 4 is 23.2 Å². The van der Waals surface area contributed by atoms with E-state index in [4.69, 9.17) is 4.42 Å². The van der Waals surface area contributed by atoms with Gasteiger partial charge in [0.25, 0.3) is 11.8 Å². The summed E-state index contributed by atoms with van der Waals surface area (Å²) in [5.74, 6) is 0.831. The molecule has 2 aromatic heterocycles. The number of furan rings is 1. The van der Waals surface area contributed by atoms with Crippen molar-refractivity contribution in [2.45, 2.75) is 26.9 Å². The van der Waals surface area contributed by atoms with Crippen molar-refractivity contribution in [1.82, 2.24) is 25.3 Å². The van der Waals surface area contributed by atoms with Crippen LogP contribution in [0.4, 0.5) is 0 Å². The van der Waals surface area contributed by atoms with Crippen molar-refractivity contribution in [3.63, 3.8) is 0 Å². The summed E-state index contributed by atoms with van der Waals surface area (Å²) in [5, 5.41) is 12.3. The Hall–Kier alpha value is -3.04. The second-order valence-electron chi connectivity index (χ2n) is 7.65. The van der Waals surface area contributed by atoms with E-state index >= 15 is 0 Å². The van der Waals surface area contributed by atoms with Crippen molar-refractivity contribution in [1.29, 1.82) is 0 Å². The second-order valence-corrected chi connectivity index (χ2v) is 8.71. The predicted octanol–water partition coefficient (Wildman–Crippen LogP) is 2.64. The Labute approximate surface area is 184 Å². The Bertz CT molecular complexity index is 1050. The molecule has 1 aliphatic heterocycles. The standard InChI is InChI=1S/C22H25N5O3S/c1-15-3-6-17(7-4-15)13-23-20(28)21-25-24-19(31-21)14-26-9-11-27(12-10-26)22(29)18-8-5-16(2)30-18/h3-8H,9-14H2,1-2H3,(H,23,28). The first-order valence-corrected chi connectivity index (χ1v) is 11.0. The first kappa shape index (κ1) is 21.2. The number of piperazine rings is 1. The van der Waals surface area contributed by atoms with Crippen molar-refractivity contribution in [2.24, 2.45) is 0 Å². The zero-order valence-electron chi connectivity index (χ0n) is 17.6. The van der Waals surface area contributed by atoms with Crippen molar-refractivity contribution in [3.8, 4) is 0 Å². The molecule has 31 heavy (non-hydrogen) atoms. The molecular formula is C22H25N5O3S. The van der Waals surface area contributed by atoms with Gasteiger partial charge in [-0.25, -0.2) is 0 Å². The average Bonchev–Trinajstić information content (AvgIpc) is 3.42. The number of aryl methyl sites for hydroxylation is 2. The Kier molecular flexibility index (Phi) is 6.43. The molecule has 3 aromatic rings. The summed E-state index contributed by atoms with van der Waals surface area (Å²) in [7, 11) is 0. The molecule has 8 nitrogen and oxygen atoms in total. The highest BCUT2D eigenvalue weighted by atomic mass is 32.1. The van der Waals surface area contributed by atoms with Crippen LogP contribution in [0.25, 0.3) is 0 Å². The molecule has 1 aliphatic rings. The number of nitrogens with zero attached hydrogens (tertiary/aromatic N) is 4. The van der Waals surface area contributed by atoms with E-state index in [-0.39, 0.29) is 11.8 Å². The van der Waals surface area contributed by atoms with Crippen LogP contribution in [-0.2, 0) is 13.1 Å². The summed E-state index contributed by atoms with van der Waals surface area (Å²) in [6, 6.07) is 11.6. The molecule has 9 heteroatoms. The van der Waals surface area contributed by atoms with Gasteiger partial charge >= 0.3 is 0 Å². The van der Waals surface area contributed by atoms with Crippen LogP contribution >= 0.6 is 11.3 Å². The van der Waals surface area contributed by atoms with Gasteiger partial charge in [-0.05, 0) is 31.5 Å². The van der Waals surface area contributed by atoms with Crippen molar-refractivity contribution in [3.05, 3.63) is 69.1 Å². The average molecular weight is 440 g/mol. The number of benzene rings is 1. The number of amides is 2. The van der Waals surface area contributed by atoms with Gasteiger partial charge in [0, 0.05) is 32.7 Å². The smallest absolute Gasteiger partial charge is 0.289 e. The molecule has 1 fully saturated rings. The zero-order chi connectivity index (χ0) is 21.8. The van der Waals surface area contributed by atoms with Gasteiger partial charge in [0.05, 0.1) is 6.54 Å². The van der Waals surface area contributed by atoms with Crippen LogP contribution in [0.15, 0.2) is 40.8 Å². The molecule has 0 aliphatic carbocycles. The fourth-order valence-corrected chi connectivity index (χ4v) is 4.18. The van der Waals surface area contributed by atoms with Gasteiger partial charge in [-0.1, -0.05) is 41.2 Å². The second kappa shape index (κ2) is 9.40. The highest BCUT2D eigenvalue weighted by Crippen LogP contribution is 2.16. The van der Waals surface area contributed by atoms with E-state index in [0.717, 1.165) is 29.4 Å². The van der Waals surface area contributed by atoms with Crippen LogP contribution in [-0.4, -0.2) is 58.0 Å². The van der Waals surface area contributed by atoms with Crippen LogP contribution in [0.2, 0.25) is 0 Å². The third-order valence-electron chi connectivity index (χ3n) is 5.20. The van der Waals surface area contributed by atoms with Crippen molar-refractivity contribution in [2.75, 3.05) is 26.2 Å². The van der Waals surface area contributed by atoms with Gasteiger partial charge in [0.1, 0.15) is 10.8 Å². The largest absolute Gasteiger partial charge is 0.456 e. The number of carbonyl (C=O) groups excluding carboxylic acids is 2. The monoisotopic (exact) mass is 439 g/mol. The first-order valence-electron chi connectivity index (χ1n) is 10.2. The van der Waals surface area contributed by atoms with Gasteiger partial charge in [-0.3, -0.25) is 14.5 Å². The molecule has 0 unspecified atom stereocenters. The molecule has 162 valence electrons. The minimum Gasteiger partial charge on any atom is -0.456 e. The number of rotatable bonds is 6. The molecule has 0 saturated carbocycles. The lowest BCUT2D eigenvalue weighted by Gasteiger charge is -2.33. The van der Waals surface area contributed by atoms with E-state index in [2.05, 4.69) is 20.4 Å². The number of hydrogen-bond donors (Lipinski definition) is 1. The topological polar surface area (TPSA) is 91.6 Å². The van der Waals surface area contributed by atoms with Crippen LogP contribution in [0, 0.1) is 13.8 Å². The molecule has 3 heterocycles. The summed E-state index contributed by atoms with van der Waals surface area (Å²) >= 11 is 1.31. The van der Waals surface area contributed by atoms with Gasteiger partial charge in [0.15, 0.2) is 5.76 Å². The van der Waals surface area contributed by atoms with Crippen LogP contribution in [0.3, 0.4) is 0 Å². The highest BCUT2D eigenvalue weighted by molar-refractivity contribution is 7.13. The zero-order valence-corrected chi connectivity index (χ0v) is 18.4. The molecule has 2 amide bonds. The maximum Gasteiger partial charge on any atom is 0.289 e. The first-order chi connectivity index (χ1) is 15.0. The van der Waals surface area contributed by atoms with Gasteiger partial charge < -0.3 is 14.6 Å². The molecule has 0 atom stereocenters. The lowest BCUT2D eigenvalue weighted by atomic mass is 10.1. The van der Waals surface area contributed by atoms with E-state index in [9.17, 15) is 9.59 Å². The van der Waals surface area contributed by atoms with Crippen LogP contribution in [0.1, 0.15) is 42.3 Å². The predicted molar refractivity (Wildman–Crippen MR) is 117 cm³/mol. The Balaban J connectivity index is 1.25. The van der Waals surface area contributed by atoms with E-state index in [1.807, 2.05) is 38.1 Å². The maximum absolute atomic E-state index is 12.5.